The molecule has 3 rings (SSSR count). The van der Waals surface area contributed by atoms with Gasteiger partial charge in [0.15, 0.2) is 5.78 Å². The molecule has 0 saturated carbocycles. The average Bonchev–Trinajstić information content (AvgIpc) is 3.15. The number of hydrogen-bond donors (Lipinski definition) is 0. The van der Waals surface area contributed by atoms with E-state index in [2.05, 4.69) is 25.9 Å². The summed E-state index contributed by atoms with van der Waals surface area (Å²) in [5.41, 5.74) is 0.792. The van der Waals surface area contributed by atoms with Crippen LogP contribution in [0.5, 0.6) is 0 Å². The van der Waals surface area contributed by atoms with Crippen molar-refractivity contribution >= 4 is 72.3 Å². The number of carbonyl (C=O) groups is 2. The van der Waals surface area contributed by atoms with Crippen LogP contribution in [0.3, 0.4) is 0 Å². The minimum atomic E-state index is -0.381. The van der Waals surface area contributed by atoms with E-state index in [-0.39, 0.29) is 17.5 Å². The Morgan fingerprint density at radius 2 is 2.00 bits per heavy atom. The van der Waals surface area contributed by atoms with Crippen molar-refractivity contribution in [3.8, 4) is 0 Å². The summed E-state index contributed by atoms with van der Waals surface area (Å²) in [6, 6.07) is 3.67. The number of fused-ring (bicyclic) bond motifs is 1. The van der Waals surface area contributed by atoms with Gasteiger partial charge in [-0.2, -0.15) is 0 Å². The normalized spacial score (nSPS) is 11.0. The van der Waals surface area contributed by atoms with Gasteiger partial charge in [0.2, 0.25) is 0 Å². The second-order valence-corrected chi connectivity index (χ2v) is 9.55. The third kappa shape index (κ3) is 3.79. The number of ether oxygens (including phenoxy) is 1. The molecule has 0 aliphatic carbocycles. The van der Waals surface area contributed by atoms with E-state index in [0.717, 1.165) is 24.6 Å². The first kappa shape index (κ1) is 18.5. The van der Waals surface area contributed by atoms with Crippen LogP contribution in [0.4, 0.5) is 0 Å². The van der Waals surface area contributed by atoms with Crippen LogP contribution in [-0.4, -0.2) is 34.6 Å². The van der Waals surface area contributed by atoms with Crippen molar-refractivity contribution in [1.82, 2.24) is 9.97 Å². The number of esters is 1. The van der Waals surface area contributed by atoms with Crippen molar-refractivity contribution in [3.05, 3.63) is 37.1 Å². The Labute approximate surface area is 165 Å². The molecule has 25 heavy (non-hydrogen) atoms. The molecule has 0 atom stereocenters. The maximum Gasteiger partial charge on any atom is 0.348 e. The Balaban J connectivity index is 1.94. The number of carbonyl (C=O) groups excluding carboxylic acids is 2. The Morgan fingerprint density at radius 3 is 2.64 bits per heavy atom. The van der Waals surface area contributed by atoms with Gasteiger partial charge in [-0.05, 0) is 47.5 Å². The molecular formula is C16H13BrN2O3S3. The number of rotatable bonds is 5. The Morgan fingerprint density at radius 1 is 1.24 bits per heavy atom. The zero-order valence-corrected chi connectivity index (χ0v) is 17.6. The predicted octanol–water partition coefficient (Wildman–Crippen LogP) is 4.89. The molecule has 130 valence electrons. The van der Waals surface area contributed by atoms with E-state index in [9.17, 15) is 9.59 Å². The first-order chi connectivity index (χ1) is 11.9. The lowest BCUT2D eigenvalue weighted by Gasteiger charge is -2.04. The summed E-state index contributed by atoms with van der Waals surface area (Å²) in [7, 11) is 1.36. The van der Waals surface area contributed by atoms with Crippen LogP contribution in [0.25, 0.3) is 10.2 Å². The molecule has 0 aliphatic heterocycles. The largest absolute Gasteiger partial charge is 0.465 e. The monoisotopic (exact) mass is 456 g/mol. The standard InChI is InChI=1S/C16H13BrN2O3S3/c1-7-12-14(23-6-9(20)10-4-5-11(17)24-10)18-8(2)19-15(12)25-13(7)16(21)22-3/h4-5H,6H2,1-3H3. The fourth-order valence-electron chi connectivity index (χ4n) is 2.26. The van der Waals surface area contributed by atoms with E-state index >= 15 is 0 Å². The van der Waals surface area contributed by atoms with Gasteiger partial charge in [-0.3, -0.25) is 4.79 Å². The zero-order chi connectivity index (χ0) is 18.1. The van der Waals surface area contributed by atoms with E-state index in [0.29, 0.717) is 15.6 Å². The van der Waals surface area contributed by atoms with Crippen molar-refractivity contribution < 1.29 is 14.3 Å². The van der Waals surface area contributed by atoms with Crippen LogP contribution in [-0.2, 0) is 4.74 Å². The van der Waals surface area contributed by atoms with Crippen molar-refractivity contribution in [3.63, 3.8) is 0 Å². The molecule has 0 saturated heterocycles. The molecule has 0 bridgehead atoms. The van der Waals surface area contributed by atoms with Crippen molar-refractivity contribution in [1.29, 1.82) is 0 Å². The van der Waals surface area contributed by atoms with Gasteiger partial charge < -0.3 is 4.74 Å². The number of thioether (sulfide) groups is 1. The molecule has 0 amide bonds. The maximum atomic E-state index is 12.4. The smallest absolute Gasteiger partial charge is 0.348 e. The van der Waals surface area contributed by atoms with Gasteiger partial charge in [-0.25, -0.2) is 14.8 Å². The summed E-state index contributed by atoms with van der Waals surface area (Å²) >= 11 is 7.44. The third-order valence-electron chi connectivity index (χ3n) is 3.43. The SMILES string of the molecule is COC(=O)c1sc2nc(C)nc(SCC(=O)c3ccc(Br)s3)c2c1C. The number of halogens is 1. The molecule has 3 aromatic heterocycles. The summed E-state index contributed by atoms with van der Waals surface area (Å²) in [6.45, 7) is 3.65. The quantitative estimate of drug-likeness (QED) is 0.235. The first-order valence-corrected chi connectivity index (χ1v) is 10.6. The zero-order valence-electron chi connectivity index (χ0n) is 13.6. The predicted molar refractivity (Wildman–Crippen MR) is 105 cm³/mol. The van der Waals surface area contributed by atoms with E-state index in [1.807, 2.05) is 19.1 Å². The van der Waals surface area contributed by atoms with Gasteiger partial charge in [-0.15, -0.1) is 22.7 Å². The molecule has 3 aromatic rings. The second kappa shape index (κ2) is 7.53. The lowest BCUT2D eigenvalue weighted by Crippen LogP contribution is -2.01. The van der Waals surface area contributed by atoms with Crippen molar-refractivity contribution in [2.24, 2.45) is 0 Å². The molecule has 0 aliphatic rings. The summed E-state index contributed by atoms with van der Waals surface area (Å²) in [5.74, 6) is 0.556. The number of aryl methyl sites for hydroxylation is 2. The first-order valence-electron chi connectivity index (χ1n) is 7.18. The van der Waals surface area contributed by atoms with Crippen LogP contribution >= 0.6 is 50.4 Å². The van der Waals surface area contributed by atoms with Crippen LogP contribution in [0.15, 0.2) is 20.9 Å². The van der Waals surface area contributed by atoms with Crippen molar-refractivity contribution in [2.45, 2.75) is 18.9 Å². The van der Waals surface area contributed by atoms with E-state index < -0.39 is 0 Å². The van der Waals surface area contributed by atoms with Gasteiger partial charge in [0.1, 0.15) is 20.6 Å². The lowest BCUT2D eigenvalue weighted by atomic mass is 10.2. The molecule has 5 nitrogen and oxygen atoms in total. The molecule has 0 radical (unpaired) electrons. The summed E-state index contributed by atoms with van der Waals surface area (Å²) in [4.78, 5) is 35.1. The van der Waals surface area contributed by atoms with E-state index in [1.165, 1.54) is 41.5 Å². The van der Waals surface area contributed by atoms with Crippen LogP contribution in [0.1, 0.15) is 30.7 Å². The minimum Gasteiger partial charge on any atom is -0.465 e. The number of thiophene rings is 2. The number of hydrogen-bond acceptors (Lipinski definition) is 8. The van der Waals surface area contributed by atoms with Crippen LogP contribution in [0, 0.1) is 13.8 Å². The number of aromatic nitrogens is 2. The van der Waals surface area contributed by atoms with E-state index in [4.69, 9.17) is 4.74 Å². The molecule has 9 heteroatoms. The molecule has 3 heterocycles. The molecule has 0 N–H and O–H groups in total. The molecule has 0 aromatic carbocycles. The number of nitrogens with zero attached hydrogens (tertiary/aromatic N) is 2. The molecule has 0 unspecified atom stereocenters. The van der Waals surface area contributed by atoms with Gasteiger partial charge in [0.05, 0.1) is 21.5 Å². The van der Waals surface area contributed by atoms with Gasteiger partial charge >= 0.3 is 5.97 Å². The highest BCUT2D eigenvalue weighted by atomic mass is 79.9. The fraction of sp³-hybridized carbons (Fsp3) is 0.250. The van der Waals surface area contributed by atoms with Crippen molar-refractivity contribution in [2.75, 3.05) is 12.9 Å². The molecular weight excluding hydrogens is 444 g/mol. The summed E-state index contributed by atoms with van der Waals surface area (Å²) < 4.78 is 5.76. The summed E-state index contributed by atoms with van der Waals surface area (Å²) in [6.07, 6.45) is 0. The number of methoxy groups -OCH3 is 1. The lowest BCUT2D eigenvalue weighted by molar-refractivity contribution is 0.0605. The highest BCUT2D eigenvalue weighted by Crippen LogP contribution is 2.36. The second-order valence-electron chi connectivity index (χ2n) is 5.12. The van der Waals surface area contributed by atoms with Gasteiger partial charge in [-0.1, -0.05) is 11.8 Å². The maximum absolute atomic E-state index is 12.4. The molecule has 0 fully saturated rings. The Kier molecular flexibility index (Phi) is 5.57. The Bertz CT molecular complexity index is 981. The average molecular weight is 457 g/mol. The van der Waals surface area contributed by atoms with Crippen LogP contribution in [0.2, 0.25) is 0 Å². The van der Waals surface area contributed by atoms with Gasteiger partial charge in [0.25, 0.3) is 0 Å². The molecule has 0 spiro atoms. The fourth-order valence-corrected chi connectivity index (χ4v) is 5.90. The number of ketones is 1. The number of Topliss-reactive ketones (excluding diaryl/α,β-unsaturated/α-hetero) is 1. The highest BCUT2D eigenvalue weighted by molar-refractivity contribution is 9.11. The van der Waals surface area contributed by atoms with Gasteiger partial charge in [0, 0.05) is 5.39 Å². The third-order valence-corrected chi connectivity index (χ3v) is 7.23. The summed E-state index contributed by atoms with van der Waals surface area (Å²) in [5, 5.41) is 1.54. The van der Waals surface area contributed by atoms with Crippen LogP contribution < -0.4 is 0 Å². The minimum absolute atomic E-state index is 0.0474. The topological polar surface area (TPSA) is 69.2 Å². The van der Waals surface area contributed by atoms with E-state index in [1.54, 1.807) is 6.92 Å². The highest BCUT2D eigenvalue weighted by Gasteiger charge is 2.21. The Hall–Kier alpha value is -1.29.